The molecule has 9 heteroatoms. The number of likely N-dealkylation sites (N-methyl/N-ethyl adjacent to an activating group) is 1. The van der Waals surface area contributed by atoms with Gasteiger partial charge in [-0.05, 0) is 116 Å². The van der Waals surface area contributed by atoms with E-state index in [1.165, 1.54) is 38.5 Å². The van der Waals surface area contributed by atoms with E-state index >= 15 is 0 Å². The van der Waals surface area contributed by atoms with Gasteiger partial charge in [-0.15, -0.1) is 0 Å². The third-order valence-corrected chi connectivity index (χ3v) is 12.5. The average molecular weight is 1030 g/mol. The van der Waals surface area contributed by atoms with Gasteiger partial charge in [0.2, 0.25) is 5.91 Å². The number of phosphoric ester groups is 1. The third-order valence-electron chi connectivity index (χ3n) is 11.5. The second-order valence-electron chi connectivity index (χ2n) is 19.6. The number of carbonyl (C=O) groups excluding carboxylic acids is 1. The van der Waals surface area contributed by atoms with Crippen LogP contribution in [-0.2, 0) is 18.4 Å². The summed E-state index contributed by atoms with van der Waals surface area (Å²) in [5.41, 5.74) is 0. The molecule has 0 bridgehead atoms. The zero-order valence-electron chi connectivity index (χ0n) is 46.8. The smallest absolute Gasteiger partial charge is 0.387 e. The monoisotopic (exact) mass is 1030 g/mol. The van der Waals surface area contributed by atoms with Crippen molar-refractivity contribution in [2.24, 2.45) is 0 Å². The van der Waals surface area contributed by atoms with Crippen LogP contribution in [0.4, 0.5) is 0 Å². The summed E-state index contributed by atoms with van der Waals surface area (Å²) in [6.07, 6.45) is 83.5. The molecule has 0 aliphatic rings. The predicted molar refractivity (Wildman–Crippen MR) is 317 cm³/mol. The van der Waals surface area contributed by atoms with Gasteiger partial charge in [-0.25, -0.2) is 4.57 Å². The summed E-state index contributed by atoms with van der Waals surface area (Å²) in [6.45, 7) is 4.61. The van der Waals surface area contributed by atoms with Crippen LogP contribution in [0.15, 0.2) is 158 Å². The Kier molecular flexibility index (Phi) is 50.1. The maximum absolute atomic E-state index is 12.9. The topological polar surface area (TPSA) is 105 Å². The molecule has 0 aromatic rings. The second-order valence-corrected chi connectivity index (χ2v) is 21.0. The summed E-state index contributed by atoms with van der Waals surface area (Å²) in [5.74, 6) is -0.215. The Labute approximate surface area is 448 Å². The number of phosphoric acid groups is 1. The van der Waals surface area contributed by atoms with Crippen molar-refractivity contribution in [1.82, 2.24) is 5.32 Å². The van der Waals surface area contributed by atoms with E-state index in [9.17, 15) is 19.4 Å². The Balaban J connectivity index is 4.21. The van der Waals surface area contributed by atoms with Gasteiger partial charge in [0.25, 0.3) is 0 Å². The largest absolute Gasteiger partial charge is 0.472 e. The highest BCUT2D eigenvalue weighted by molar-refractivity contribution is 7.47. The van der Waals surface area contributed by atoms with E-state index in [2.05, 4.69) is 165 Å². The molecule has 0 aliphatic heterocycles. The van der Waals surface area contributed by atoms with Gasteiger partial charge in [0.15, 0.2) is 0 Å². The Bertz CT molecular complexity index is 1740. The number of allylic oxidation sites excluding steroid dienone is 25. The molecule has 1 amide bonds. The number of rotatable bonds is 49. The highest BCUT2D eigenvalue weighted by atomic mass is 31.2. The fourth-order valence-corrected chi connectivity index (χ4v) is 7.80. The van der Waals surface area contributed by atoms with Crippen LogP contribution in [-0.4, -0.2) is 73.4 Å². The highest BCUT2D eigenvalue weighted by Gasteiger charge is 2.27. The molecule has 3 unspecified atom stereocenters. The molecule has 0 saturated carbocycles. The van der Waals surface area contributed by atoms with Crippen molar-refractivity contribution >= 4 is 13.7 Å². The molecule has 0 fully saturated rings. The molecule has 0 radical (unpaired) electrons. The summed E-state index contributed by atoms with van der Waals surface area (Å²) >= 11 is 0. The van der Waals surface area contributed by atoms with E-state index < -0.39 is 20.0 Å². The van der Waals surface area contributed by atoms with Gasteiger partial charge in [-0.1, -0.05) is 223 Å². The first kappa shape index (κ1) is 69.1. The molecule has 0 aromatic carbocycles. The lowest BCUT2D eigenvalue weighted by Crippen LogP contribution is -2.45. The summed E-state index contributed by atoms with van der Waals surface area (Å²) in [4.78, 5) is 23.2. The van der Waals surface area contributed by atoms with E-state index in [4.69, 9.17) is 9.05 Å². The van der Waals surface area contributed by atoms with E-state index in [0.717, 1.165) is 128 Å². The van der Waals surface area contributed by atoms with Gasteiger partial charge < -0.3 is 19.8 Å². The molecule has 0 aliphatic carbocycles. The number of hydrogen-bond donors (Lipinski definition) is 3. The first-order valence-electron chi connectivity index (χ1n) is 28.4. The molecular weight excluding hydrogens is 924 g/mol. The Morgan fingerprint density at radius 3 is 1.26 bits per heavy atom. The number of aliphatic hydroxyl groups excluding tert-OH is 1. The maximum atomic E-state index is 12.9. The van der Waals surface area contributed by atoms with Crippen molar-refractivity contribution in [3.63, 3.8) is 0 Å². The number of nitrogens with one attached hydrogen (secondary N) is 1. The van der Waals surface area contributed by atoms with Crippen molar-refractivity contribution < 1.29 is 32.9 Å². The van der Waals surface area contributed by atoms with Crippen LogP contribution in [0, 0.1) is 0 Å². The van der Waals surface area contributed by atoms with Crippen LogP contribution in [0.25, 0.3) is 0 Å². The molecule has 0 rings (SSSR count). The summed E-state index contributed by atoms with van der Waals surface area (Å²) < 4.78 is 23.6. The van der Waals surface area contributed by atoms with E-state index in [1.54, 1.807) is 6.08 Å². The minimum absolute atomic E-state index is 0.0432. The Morgan fingerprint density at radius 1 is 0.479 bits per heavy atom. The standard InChI is InChI=1S/C64H105N2O6P/c1-6-8-10-12-14-16-18-20-21-22-23-24-25-26-27-28-29-30-31-32-33-34-35-36-37-38-39-40-41-42-43-44-45-46-48-50-52-54-56-58-64(68)65-62(61-72-73(69,70)71-60-59-66(3,4)5)63(67)57-55-53-51-49-47-19-17-15-13-11-9-7-2/h8,10,14,16,20-21,23-24,26-27,29-30,32-33,35-36,38-39,41-42,44-45,47,49,55,57,62-63,67H,6-7,9,11-13,15,17-19,22,25,28,31,34,37,40,43,46,48,50-54,56,58-61H2,1-5H3,(H-,65,68,69,70)/p+1/b10-8-,16-14-,21-20-,24-23-,27-26-,30-29-,33-32-,36-35-,39-38-,42-41-,45-44-,49-47+,57-55+. The Morgan fingerprint density at radius 2 is 0.836 bits per heavy atom. The Hall–Kier alpha value is -3.88. The zero-order valence-corrected chi connectivity index (χ0v) is 47.7. The van der Waals surface area contributed by atoms with Crippen LogP contribution in [0.2, 0.25) is 0 Å². The lowest BCUT2D eigenvalue weighted by molar-refractivity contribution is -0.870. The minimum Gasteiger partial charge on any atom is -0.387 e. The molecule has 0 aromatic heterocycles. The van der Waals surface area contributed by atoms with Gasteiger partial charge in [0.05, 0.1) is 39.9 Å². The molecule has 0 spiro atoms. The van der Waals surface area contributed by atoms with Gasteiger partial charge in [0.1, 0.15) is 13.2 Å². The summed E-state index contributed by atoms with van der Waals surface area (Å²) in [7, 11) is 1.51. The molecule has 73 heavy (non-hydrogen) atoms. The van der Waals surface area contributed by atoms with Crippen molar-refractivity contribution in [3.05, 3.63) is 158 Å². The van der Waals surface area contributed by atoms with Crippen LogP contribution < -0.4 is 5.32 Å². The van der Waals surface area contributed by atoms with Crippen LogP contribution in [0.1, 0.15) is 187 Å². The van der Waals surface area contributed by atoms with E-state index in [-0.39, 0.29) is 19.1 Å². The lowest BCUT2D eigenvalue weighted by atomic mass is 10.1. The molecule has 0 saturated heterocycles. The number of unbranched alkanes of at least 4 members (excludes halogenated alkanes) is 12. The number of carbonyl (C=O) groups is 1. The van der Waals surface area contributed by atoms with Crippen molar-refractivity contribution in [2.45, 2.75) is 199 Å². The van der Waals surface area contributed by atoms with E-state index in [0.29, 0.717) is 17.4 Å². The average Bonchev–Trinajstić information content (AvgIpc) is 3.35. The van der Waals surface area contributed by atoms with Gasteiger partial charge in [-0.2, -0.15) is 0 Å². The first-order valence-corrected chi connectivity index (χ1v) is 29.9. The van der Waals surface area contributed by atoms with Crippen LogP contribution in [0.5, 0.6) is 0 Å². The quantitative estimate of drug-likeness (QED) is 0.0243. The molecule has 3 N–H and O–H groups in total. The predicted octanol–water partition coefficient (Wildman–Crippen LogP) is 17.5. The molecular formula is C64H106N2O6P+. The SMILES string of the molecule is CC/C=C\C/C=C\C/C=C\C/C=C\C/C=C\C/C=C\C/C=C\C/C=C\C/C=C\C/C=C\C/C=C\CCCCCCCC(=O)NC(COP(=O)(O)OCC[N+](C)(C)C)C(O)/C=C/CC/C=C/CCCCCCCC. The number of nitrogens with zero attached hydrogens (tertiary/aromatic N) is 1. The summed E-state index contributed by atoms with van der Waals surface area (Å²) in [6, 6.07) is -0.885. The lowest BCUT2D eigenvalue weighted by Gasteiger charge is -2.25. The van der Waals surface area contributed by atoms with Crippen LogP contribution in [0.3, 0.4) is 0 Å². The number of aliphatic hydroxyl groups is 1. The van der Waals surface area contributed by atoms with Gasteiger partial charge in [0, 0.05) is 6.42 Å². The molecule has 3 atom stereocenters. The first-order chi connectivity index (χ1) is 35.5. The van der Waals surface area contributed by atoms with Crippen molar-refractivity contribution in [3.8, 4) is 0 Å². The minimum atomic E-state index is -4.37. The molecule has 8 nitrogen and oxygen atoms in total. The van der Waals surface area contributed by atoms with Crippen LogP contribution >= 0.6 is 7.82 Å². The fourth-order valence-electron chi connectivity index (χ4n) is 7.06. The number of amides is 1. The van der Waals surface area contributed by atoms with E-state index in [1.807, 2.05) is 27.2 Å². The van der Waals surface area contributed by atoms with Crippen molar-refractivity contribution in [2.75, 3.05) is 40.9 Å². The second kappa shape index (κ2) is 53.0. The normalized spacial score (nSPS) is 15.1. The third kappa shape index (κ3) is 55.7. The van der Waals surface area contributed by atoms with Gasteiger partial charge in [-0.3, -0.25) is 13.8 Å². The fraction of sp³-hybridized carbons (Fsp3) is 0.578. The summed E-state index contributed by atoms with van der Waals surface area (Å²) in [5, 5.41) is 13.8. The van der Waals surface area contributed by atoms with Gasteiger partial charge >= 0.3 is 7.82 Å². The maximum Gasteiger partial charge on any atom is 0.472 e. The zero-order chi connectivity index (χ0) is 53.5. The number of quaternary nitrogens is 1. The molecule has 412 valence electrons. The van der Waals surface area contributed by atoms with Crippen molar-refractivity contribution in [1.29, 1.82) is 0 Å². The molecule has 0 heterocycles. The number of hydrogen-bond acceptors (Lipinski definition) is 5. The highest BCUT2D eigenvalue weighted by Crippen LogP contribution is 2.43.